The molecule has 0 fully saturated rings. The Kier molecular flexibility index (Phi) is 5.14. The highest BCUT2D eigenvalue weighted by Gasteiger charge is 2.27. The molecule has 0 saturated heterocycles. The molecule has 4 aromatic carbocycles. The summed E-state index contributed by atoms with van der Waals surface area (Å²) in [7, 11) is 0. The van der Waals surface area contributed by atoms with Crippen molar-refractivity contribution in [2.75, 3.05) is 0 Å². The molecule has 4 rings (SSSR count). The molecule has 146 valence electrons. The van der Waals surface area contributed by atoms with Crippen molar-refractivity contribution < 1.29 is 19.8 Å². The van der Waals surface area contributed by atoms with Gasteiger partial charge in [0, 0.05) is 33.4 Å². The summed E-state index contributed by atoms with van der Waals surface area (Å²) in [4.78, 5) is 26.8. The second-order valence-corrected chi connectivity index (χ2v) is 6.79. The maximum Gasteiger partial charge on any atom is 0.194 e. The fourth-order valence-corrected chi connectivity index (χ4v) is 3.45. The van der Waals surface area contributed by atoms with E-state index in [9.17, 15) is 19.8 Å². The summed E-state index contributed by atoms with van der Waals surface area (Å²) < 4.78 is 0. The minimum absolute atomic E-state index is 0.0524. The van der Waals surface area contributed by atoms with Crippen LogP contribution in [0.3, 0.4) is 0 Å². The zero-order valence-corrected chi connectivity index (χ0v) is 15.9. The number of rotatable bonds is 5. The van der Waals surface area contributed by atoms with E-state index >= 15 is 0 Å². The largest absolute Gasteiger partial charge is 0.507 e. The molecule has 4 nitrogen and oxygen atoms in total. The molecule has 30 heavy (non-hydrogen) atoms. The predicted molar refractivity (Wildman–Crippen MR) is 115 cm³/mol. The van der Waals surface area contributed by atoms with Gasteiger partial charge in [0.1, 0.15) is 11.5 Å². The molecule has 2 N–H and O–H groups in total. The molecule has 0 unspecified atom stereocenters. The van der Waals surface area contributed by atoms with Crippen LogP contribution in [0.25, 0.3) is 11.1 Å². The Hall–Kier alpha value is -4.18. The van der Waals surface area contributed by atoms with Crippen molar-refractivity contribution in [1.82, 2.24) is 0 Å². The van der Waals surface area contributed by atoms with Crippen LogP contribution < -0.4 is 0 Å². The standard InChI is InChI=1S/C26H18O4/c27-21-14-8-7-13-19(21)23-22(28)16-15-20(25(29)17-9-3-1-4-10-17)24(23)26(30)18-11-5-2-6-12-18/h1-16,27-28H. The molecule has 0 atom stereocenters. The lowest BCUT2D eigenvalue weighted by atomic mass is 9.86. The monoisotopic (exact) mass is 394 g/mol. The molecule has 4 heteroatoms. The number of para-hydroxylation sites is 1. The predicted octanol–water partition coefficient (Wildman–Crippen LogP) is 5.23. The molecule has 0 radical (unpaired) electrons. The van der Waals surface area contributed by atoms with E-state index in [1.807, 2.05) is 0 Å². The molecule has 0 saturated carbocycles. The Bertz CT molecular complexity index is 1230. The van der Waals surface area contributed by atoms with Crippen LogP contribution >= 0.6 is 0 Å². The van der Waals surface area contributed by atoms with Crippen LogP contribution in [0.4, 0.5) is 0 Å². The van der Waals surface area contributed by atoms with Crippen LogP contribution in [0.15, 0.2) is 97.1 Å². The van der Waals surface area contributed by atoms with Crippen molar-refractivity contribution >= 4 is 11.6 Å². The number of aromatic hydroxyl groups is 2. The van der Waals surface area contributed by atoms with Crippen LogP contribution in [0.2, 0.25) is 0 Å². The number of benzene rings is 4. The molecule has 0 aliphatic carbocycles. The zero-order chi connectivity index (χ0) is 21.1. The topological polar surface area (TPSA) is 74.6 Å². The summed E-state index contributed by atoms with van der Waals surface area (Å²) >= 11 is 0. The van der Waals surface area contributed by atoms with Gasteiger partial charge in [-0.2, -0.15) is 0 Å². The first-order chi connectivity index (χ1) is 14.6. The smallest absolute Gasteiger partial charge is 0.194 e. The van der Waals surface area contributed by atoms with Gasteiger partial charge in [0.25, 0.3) is 0 Å². The van der Waals surface area contributed by atoms with Crippen molar-refractivity contribution in [3.05, 3.63) is 119 Å². The summed E-state index contributed by atoms with van der Waals surface area (Å²) in [5.74, 6) is -1.05. The second kappa shape index (κ2) is 8.05. The van der Waals surface area contributed by atoms with E-state index in [1.165, 1.54) is 18.2 Å². The quantitative estimate of drug-likeness (QED) is 0.455. The highest BCUT2D eigenvalue weighted by atomic mass is 16.3. The lowest BCUT2D eigenvalue weighted by Crippen LogP contribution is -2.13. The van der Waals surface area contributed by atoms with Crippen molar-refractivity contribution in [3.63, 3.8) is 0 Å². The molecular weight excluding hydrogens is 376 g/mol. The Balaban J connectivity index is 2.02. The van der Waals surface area contributed by atoms with E-state index in [4.69, 9.17) is 0 Å². The average Bonchev–Trinajstić information content (AvgIpc) is 2.80. The van der Waals surface area contributed by atoms with E-state index in [0.717, 1.165) is 0 Å². The maximum atomic E-state index is 13.5. The van der Waals surface area contributed by atoms with Gasteiger partial charge in [-0.25, -0.2) is 0 Å². The maximum absolute atomic E-state index is 13.5. The third-order valence-electron chi connectivity index (χ3n) is 4.90. The van der Waals surface area contributed by atoms with Crippen LogP contribution in [0, 0.1) is 0 Å². The Morgan fingerprint density at radius 3 is 1.67 bits per heavy atom. The highest BCUT2D eigenvalue weighted by molar-refractivity contribution is 6.23. The van der Waals surface area contributed by atoms with Crippen molar-refractivity contribution in [2.45, 2.75) is 0 Å². The molecule has 0 heterocycles. The number of carbonyl (C=O) groups excluding carboxylic acids is 2. The van der Waals surface area contributed by atoms with Crippen molar-refractivity contribution in [1.29, 1.82) is 0 Å². The fourth-order valence-electron chi connectivity index (χ4n) is 3.45. The summed E-state index contributed by atoms with van der Waals surface area (Å²) in [6.07, 6.45) is 0. The fraction of sp³-hybridized carbons (Fsp3) is 0. The molecule has 0 spiro atoms. The number of hydrogen-bond donors (Lipinski definition) is 2. The van der Waals surface area contributed by atoms with Crippen molar-refractivity contribution in [2.24, 2.45) is 0 Å². The van der Waals surface area contributed by atoms with Gasteiger partial charge >= 0.3 is 0 Å². The summed E-state index contributed by atoms with van der Waals surface area (Å²) in [6.45, 7) is 0. The van der Waals surface area contributed by atoms with Crippen LogP contribution in [-0.4, -0.2) is 21.8 Å². The van der Waals surface area contributed by atoms with Gasteiger partial charge in [-0.3, -0.25) is 9.59 Å². The number of hydrogen-bond acceptors (Lipinski definition) is 4. The molecular formula is C26H18O4. The van der Waals surface area contributed by atoms with Crippen LogP contribution in [-0.2, 0) is 0 Å². The van der Waals surface area contributed by atoms with Crippen LogP contribution in [0.1, 0.15) is 31.8 Å². The van der Waals surface area contributed by atoms with Gasteiger partial charge in [0.15, 0.2) is 11.6 Å². The first kappa shape index (κ1) is 19.2. The number of carbonyl (C=O) groups is 2. The average molecular weight is 394 g/mol. The van der Waals surface area contributed by atoms with E-state index in [-0.39, 0.29) is 39.5 Å². The lowest BCUT2D eigenvalue weighted by molar-refractivity contribution is 0.100. The molecule has 0 aliphatic heterocycles. The number of phenolic OH excluding ortho intramolecular Hbond substituents is 2. The van der Waals surface area contributed by atoms with E-state index in [1.54, 1.807) is 78.9 Å². The molecule has 0 aromatic heterocycles. The Labute approximate surface area is 173 Å². The SMILES string of the molecule is O=C(c1ccccc1)c1ccc(O)c(-c2ccccc2O)c1C(=O)c1ccccc1. The zero-order valence-electron chi connectivity index (χ0n) is 15.9. The minimum atomic E-state index is -0.413. The van der Waals surface area contributed by atoms with Gasteiger partial charge in [0.05, 0.1) is 0 Å². The highest BCUT2D eigenvalue weighted by Crippen LogP contribution is 2.40. The van der Waals surface area contributed by atoms with Gasteiger partial charge in [-0.05, 0) is 18.2 Å². The third kappa shape index (κ3) is 3.47. The summed E-state index contributed by atoms with van der Waals surface area (Å²) in [5.41, 5.74) is 1.42. The van der Waals surface area contributed by atoms with Gasteiger partial charge in [-0.15, -0.1) is 0 Å². The first-order valence-electron chi connectivity index (χ1n) is 9.41. The van der Waals surface area contributed by atoms with Gasteiger partial charge in [-0.1, -0.05) is 78.9 Å². The van der Waals surface area contributed by atoms with E-state index in [2.05, 4.69) is 0 Å². The number of phenols is 2. The second-order valence-electron chi connectivity index (χ2n) is 6.79. The summed E-state index contributed by atoms with van der Waals surface area (Å²) in [5, 5.41) is 21.1. The third-order valence-corrected chi connectivity index (χ3v) is 4.90. The molecule has 0 bridgehead atoms. The molecule has 0 amide bonds. The van der Waals surface area contributed by atoms with Gasteiger partial charge in [0.2, 0.25) is 0 Å². The minimum Gasteiger partial charge on any atom is -0.507 e. The first-order valence-corrected chi connectivity index (χ1v) is 9.41. The Morgan fingerprint density at radius 2 is 1.07 bits per heavy atom. The number of ketones is 2. The molecule has 4 aromatic rings. The molecule has 0 aliphatic rings. The van der Waals surface area contributed by atoms with Crippen LogP contribution in [0.5, 0.6) is 11.5 Å². The van der Waals surface area contributed by atoms with Crippen molar-refractivity contribution in [3.8, 4) is 22.6 Å². The normalized spacial score (nSPS) is 10.5. The lowest BCUT2D eigenvalue weighted by Gasteiger charge is -2.16. The summed E-state index contributed by atoms with van der Waals surface area (Å²) in [6, 6.07) is 26.4. The van der Waals surface area contributed by atoms with E-state index < -0.39 is 5.78 Å². The van der Waals surface area contributed by atoms with Gasteiger partial charge < -0.3 is 10.2 Å². The Morgan fingerprint density at radius 1 is 0.533 bits per heavy atom. The van der Waals surface area contributed by atoms with E-state index in [0.29, 0.717) is 11.1 Å².